The van der Waals surface area contributed by atoms with Crippen LogP contribution in [0.15, 0.2) is 0 Å². The van der Waals surface area contributed by atoms with Gasteiger partial charge in [-0.1, -0.05) is 39.0 Å². The number of esters is 1. The molecule has 0 amide bonds. The number of nitrogens with zero attached hydrogens (tertiary/aromatic N) is 1. The summed E-state index contributed by atoms with van der Waals surface area (Å²) in [4.78, 5) is 11.0. The first kappa shape index (κ1) is 14.0. The molecule has 3 nitrogen and oxygen atoms in total. The molecule has 0 saturated heterocycles. The summed E-state index contributed by atoms with van der Waals surface area (Å²) in [6, 6.07) is 1.92. The van der Waals surface area contributed by atoms with E-state index in [0.29, 0.717) is 6.61 Å². The van der Waals surface area contributed by atoms with E-state index in [9.17, 15) is 4.79 Å². The fraction of sp³-hybridized carbons (Fsp3) is 0.833. The molecule has 0 fully saturated rings. The quantitative estimate of drug-likeness (QED) is 0.434. The number of unbranched alkanes of at least 4 members (excludes halogenated alkanes) is 5. The van der Waals surface area contributed by atoms with Crippen LogP contribution in [-0.2, 0) is 9.53 Å². The molecule has 0 heterocycles. The second-order valence-corrected chi connectivity index (χ2v) is 3.65. The van der Waals surface area contributed by atoms with E-state index in [2.05, 4.69) is 6.92 Å². The Hall–Kier alpha value is -1.04. The molecule has 15 heavy (non-hydrogen) atoms. The minimum absolute atomic E-state index is 0.229. The van der Waals surface area contributed by atoms with Crippen LogP contribution in [0.4, 0.5) is 0 Å². The van der Waals surface area contributed by atoms with Crippen LogP contribution >= 0.6 is 0 Å². The lowest BCUT2D eigenvalue weighted by Gasteiger charge is -2.03. The Bertz CT molecular complexity index is 196. The minimum atomic E-state index is -0.245. The number of carbonyl (C=O) groups excluding carboxylic acids is 1. The Balaban J connectivity index is 3.10. The van der Waals surface area contributed by atoms with Gasteiger partial charge >= 0.3 is 5.97 Å². The lowest BCUT2D eigenvalue weighted by Crippen LogP contribution is -2.05. The second kappa shape index (κ2) is 11.0. The Kier molecular flexibility index (Phi) is 10.3. The lowest BCUT2D eigenvalue weighted by atomic mass is 10.1. The number of hydrogen-bond donors (Lipinski definition) is 0. The van der Waals surface area contributed by atoms with E-state index in [1.54, 1.807) is 0 Å². The standard InChI is InChI=1S/C12H21NO2/c1-2-3-4-5-6-7-11-15-12(14)9-8-10-13/h2-9,11H2,1H3. The van der Waals surface area contributed by atoms with Crippen LogP contribution < -0.4 is 0 Å². The van der Waals surface area contributed by atoms with Crippen molar-refractivity contribution in [2.24, 2.45) is 0 Å². The van der Waals surface area contributed by atoms with Gasteiger partial charge in [0.05, 0.1) is 19.1 Å². The van der Waals surface area contributed by atoms with E-state index in [-0.39, 0.29) is 18.8 Å². The summed E-state index contributed by atoms with van der Waals surface area (Å²) in [5.74, 6) is -0.245. The van der Waals surface area contributed by atoms with E-state index < -0.39 is 0 Å². The van der Waals surface area contributed by atoms with Crippen molar-refractivity contribution in [3.05, 3.63) is 0 Å². The number of rotatable bonds is 9. The van der Waals surface area contributed by atoms with Crippen molar-refractivity contribution in [2.45, 2.75) is 58.3 Å². The molecule has 0 aromatic heterocycles. The van der Waals surface area contributed by atoms with Crippen molar-refractivity contribution < 1.29 is 9.53 Å². The highest BCUT2D eigenvalue weighted by Crippen LogP contribution is 2.05. The fourth-order valence-electron chi connectivity index (χ4n) is 1.30. The first-order valence-electron chi connectivity index (χ1n) is 5.83. The van der Waals surface area contributed by atoms with Gasteiger partial charge in [0.25, 0.3) is 0 Å². The van der Waals surface area contributed by atoms with E-state index in [1.807, 2.05) is 6.07 Å². The predicted octanol–water partition coefficient (Wildman–Crippen LogP) is 3.19. The zero-order valence-electron chi connectivity index (χ0n) is 9.63. The summed E-state index contributed by atoms with van der Waals surface area (Å²) in [6.45, 7) is 2.70. The molecule has 0 N–H and O–H groups in total. The normalized spacial score (nSPS) is 9.60. The molecule has 0 spiro atoms. The molecular weight excluding hydrogens is 190 g/mol. The van der Waals surface area contributed by atoms with Crippen molar-refractivity contribution in [3.63, 3.8) is 0 Å². The van der Waals surface area contributed by atoms with Gasteiger partial charge in [-0.2, -0.15) is 5.26 Å². The number of ether oxygens (including phenoxy) is 1. The number of hydrogen-bond acceptors (Lipinski definition) is 3. The van der Waals surface area contributed by atoms with Crippen molar-refractivity contribution in [1.82, 2.24) is 0 Å². The van der Waals surface area contributed by atoms with Crippen LogP contribution in [0, 0.1) is 11.3 Å². The topological polar surface area (TPSA) is 50.1 Å². The molecule has 0 aliphatic carbocycles. The van der Waals surface area contributed by atoms with E-state index in [0.717, 1.165) is 12.8 Å². The molecule has 0 radical (unpaired) electrons. The molecule has 0 aromatic carbocycles. The third-order valence-corrected chi connectivity index (χ3v) is 2.20. The molecule has 0 unspecified atom stereocenters. The Labute approximate surface area is 92.4 Å². The molecule has 0 bridgehead atoms. The van der Waals surface area contributed by atoms with Gasteiger partial charge in [-0.05, 0) is 6.42 Å². The molecule has 0 aliphatic rings. The summed E-state index contributed by atoms with van der Waals surface area (Å²) in [6.07, 6.45) is 7.61. The average Bonchev–Trinajstić information content (AvgIpc) is 2.25. The van der Waals surface area contributed by atoms with Gasteiger partial charge in [0, 0.05) is 6.42 Å². The SMILES string of the molecule is CCCCCCCCOC(=O)CCC#N. The van der Waals surface area contributed by atoms with Crippen molar-refractivity contribution in [2.75, 3.05) is 6.61 Å². The summed E-state index contributed by atoms with van der Waals surface area (Å²) in [5, 5.41) is 8.25. The van der Waals surface area contributed by atoms with Crippen LogP contribution in [0.1, 0.15) is 58.3 Å². The number of nitriles is 1. The third kappa shape index (κ3) is 10.9. The Morgan fingerprint density at radius 2 is 1.87 bits per heavy atom. The fourth-order valence-corrected chi connectivity index (χ4v) is 1.30. The smallest absolute Gasteiger partial charge is 0.306 e. The molecule has 0 saturated carbocycles. The van der Waals surface area contributed by atoms with Crippen LogP contribution in [-0.4, -0.2) is 12.6 Å². The highest BCUT2D eigenvalue weighted by atomic mass is 16.5. The predicted molar refractivity (Wildman–Crippen MR) is 59.2 cm³/mol. The lowest BCUT2D eigenvalue weighted by molar-refractivity contribution is -0.143. The van der Waals surface area contributed by atoms with Crippen LogP contribution in [0.5, 0.6) is 0 Å². The van der Waals surface area contributed by atoms with Crippen molar-refractivity contribution in [3.8, 4) is 6.07 Å². The van der Waals surface area contributed by atoms with Gasteiger partial charge in [-0.3, -0.25) is 4.79 Å². The van der Waals surface area contributed by atoms with Crippen LogP contribution in [0.25, 0.3) is 0 Å². The molecule has 0 aromatic rings. The third-order valence-electron chi connectivity index (χ3n) is 2.20. The van der Waals surface area contributed by atoms with Crippen LogP contribution in [0.3, 0.4) is 0 Å². The molecule has 86 valence electrons. The second-order valence-electron chi connectivity index (χ2n) is 3.65. The van der Waals surface area contributed by atoms with E-state index >= 15 is 0 Å². The summed E-state index contributed by atoms with van der Waals surface area (Å²) in [7, 11) is 0. The van der Waals surface area contributed by atoms with Crippen LogP contribution in [0.2, 0.25) is 0 Å². The Morgan fingerprint density at radius 3 is 2.53 bits per heavy atom. The summed E-state index contributed by atoms with van der Waals surface area (Å²) < 4.78 is 4.96. The summed E-state index contributed by atoms with van der Waals surface area (Å²) >= 11 is 0. The molecule has 3 heteroatoms. The minimum Gasteiger partial charge on any atom is -0.466 e. The molecular formula is C12H21NO2. The largest absolute Gasteiger partial charge is 0.466 e. The van der Waals surface area contributed by atoms with Gasteiger partial charge in [-0.15, -0.1) is 0 Å². The van der Waals surface area contributed by atoms with Gasteiger partial charge in [-0.25, -0.2) is 0 Å². The summed E-state index contributed by atoms with van der Waals surface area (Å²) in [5.41, 5.74) is 0. The van der Waals surface area contributed by atoms with E-state index in [4.69, 9.17) is 10.00 Å². The maximum Gasteiger partial charge on any atom is 0.306 e. The Morgan fingerprint density at radius 1 is 1.20 bits per heavy atom. The molecule has 0 rings (SSSR count). The first-order chi connectivity index (χ1) is 7.31. The maximum atomic E-state index is 11.0. The molecule has 0 aliphatic heterocycles. The van der Waals surface area contributed by atoms with Gasteiger partial charge in [0.15, 0.2) is 0 Å². The zero-order chi connectivity index (χ0) is 11.4. The zero-order valence-corrected chi connectivity index (χ0v) is 9.63. The van der Waals surface area contributed by atoms with Crippen molar-refractivity contribution >= 4 is 5.97 Å². The van der Waals surface area contributed by atoms with Gasteiger partial charge in [0.1, 0.15) is 0 Å². The first-order valence-corrected chi connectivity index (χ1v) is 5.83. The molecule has 0 atom stereocenters. The number of carbonyl (C=O) groups is 1. The monoisotopic (exact) mass is 211 g/mol. The maximum absolute atomic E-state index is 11.0. The van der Waals surface area contributed by atoms with E-state index in [1.165, 1.54) is 25.7 Å². The van der Waals surface area contributed by atoms with Gasteiger partial charge in [0.2, 0.25) is 0 Å². The average molecular weight is 211 g/mol. The highest BCUT2D eigenvalue weighted by Gasteiger charge is 2.00. The highest BCUT2D eigenvalue weighted by molar-refractivity contribution is 5.69. The van der Waals surface area contributed by atoms with Crippen molar-refractivity contribution in [1.29, 1.82) is 5.26 Å². The van der Waals surface area contributed by atoms with Gasteiger partial charge < -0.3 is 4.74 Å².